The summed E-state index contributed by atoms with van der Waals surface area (Å²) >= 11 is 0. The van der Waals surface area contributed by atoms with Crippen LogP contribution in [-0.4, -0.2) is 32.3 Å². The molecule has 10 rings (SSSR count). The quantitative estimate of drug-likeness (QED) is 0.105. The van der Waals surface area contributed by atoms with Crippen molar-refractivity contribution in [1.29, 1.82) is 0 Å². The van der Waals surface area contributed by atoms with Crippen molar-refractivity contribution >= 4 is 32.3 Å². The van der Waals surface area contributed by atoms with Gasteiger partial charge in [0.25, 0.3) is 0 Å². The van der Waals surface area contributed by atoms with Gasteiger partial charge in [-0.05, 0) is 165 Å². The van der Waals surface area contributed by atoms with E-state index in [1.165, 1.54) is 22.3 Å². The van der Waals surface area contributed by atoms with Crippen LogP contribution in [-0.2, 0) is 47.3 Å². The molecule has 0 amide bonds. The molecular weight excluding hydrogens is 1120 g/mol. The molecular formula is C84H96Si4. The summed E-state index contributed by atoms with van der Waals surface area (Å²) in [5.74, 6) is 44.6. The van der Waals surface area contributed by atoms with E-state index in [2.05, 4.69) is 352 Å². The lowest BCUT2D eigenvalue weighted by Gasteiger charge is -2.20. The van der Waals surface area contributed by atoms with Crippen molar-refractivity contribution in [3.8, 4) is 93.2 Å². The third-order valence-electron chi connectivity index (χ3n) is 15.1. The summed E-state index contributed by atoms with van der Waals surface area (Å²) in [5.41, 5.74) is 35.7. The Morgan fingerprint density at radius 2 is 0.386 bits per heavy atom. The Morgan fingerprint density at radius 1 is 0.216 bits per heavy atom. The number of aryl methyl sites for hydroxylation is 4. The second-order valence-electron chi connectivity index (χ2n) is 32.4. The van der Waals surface area contributed by atoms with Crippen LogP contribution in [0.2, 0.25) is 78.6 Å². The third kappa shape index (κ3) is 19.8. The SMILES string of the molecule is CC(C)(C)c1ccc(C#C[Si](C)(C)C)c(C#Cc2cc3c(C#Cc4cc(C(C)(C)C)ccc4C#C[Si](C)(C)C)cc2CCc2cc(C#Cc4cc(C(C)(C)C)ccc4C#C[Si](C)(C)C)c(cc2C#Cc2cc(C(C)(C)C)ccc2C#C[Si](C)(C)C)CC3)c1. The van der Waals surface area contributed by atoms with Crippen molar-refractivity contribution in [1.82, 2.24) is 0 Å². The molecule has 0 nitrogen and oxygen atoms in total. The van der Waals surface area contributed by atoms with E-state index in [9.17, 15) is 0 Å². The lowest BCUT2D eigenvalue weighted by atomic mass is 9.84. The third-order valence-corrected chi connectivity index (χ3v) is 18.6. The molecule has 0 aliphatic heterocycles. The molecule has 0 radical (unpaired) electrons. The normalized spacial score (nSPS) is 12.5. The maximum Gasteiger partial charge on any atom is 0.129 e. The largest absolute Gasteiger partial charge is 0.129 e. The molecule has 0 N–H and O–H groups in total. The van der Waals surface area contributed by atoms with Crippen LogP contribution in [0.3, 0.4) is 0 Å². The van der Waals surface area contributed by atoms with Gasteiger partial charge in [0.05, 0.1) is 0 Å². The van der Waals surface area contributed by atoms with Crippen LogP contribution >= 0.6 is 0 Å². The predicted molar refractivity (Wildman–Crippen MR) is 393 cm³/mol. The van der Waals surface area contributed by atoms with E-state index in [0.717, 1.165) is 89.0 Å². The number of hydrogen-bond acceptors (Lipinski definition) is 0. The van der Waals surface area contributed by atoms with Gasteiger partial charge in [0, 0.05) is 66.8 Å². The topological polar surface area (TPSA) is 0 Å². The first-order valence-electron chi connectivity index (χ1n) is 31.7. The highest BCUT2D eigenvalue weighted by molar-refractivity contribution is 6.85. The van der Waals surface area contributed by atoms with Crippen LogP contribution in [0.15, 0.2) is 97.1 Å². The number of hydrogen-bond donors (Lipinski definition) is 0. The molecule has 0 unspecified atom stereocenters. The highest BCUT2D eigenvalue weighted by Gasteiger charge is 2.22. The summed E-state index contributed by atoms with van der Waals surface area (Å²) in [5, 5.41) is 0. The van der Waals surface area contributed by atoms with Gasteiger partial charge in [-0.1, -0.05) is 257 Å². The second kappa shape index (κ2) is 26.4. The number of benzene rings is 6. The molecule has 0 heterocycles. The van der Waals surface area contributed by atoms with Gasteiger partial charge in [0.15, 0.2) is 0 Å². The Balaban J connectivity index is 1.54. The highest BCUT2D eigenvalue weighted by atomic mass is 28.3. The molecule has 6 aromatic carbocycles. The summed E-state index contributed by atoms with van der Waals surface area (Å²) < 4.78 is 0. The molecule has 0 fully saturated rings. The van der Waals surface area contributed by atoms with Crippen LogP contribution in [0.1, 0.15) is 194 Å². The maximum atomic E-state index is 3.81. The van der Waals surface area contributed by atoms with Crippen LogP contribution in [0.5, 0.6) is 0 Å². The van der Waals surface area contributed by atoms with Gasteiger partial charge in [-0.2, -0.15) is 0 Å². The van der Waals surface area contributed by atoms with E-state index >= 15 is 0 Å². The number of rotatable bonds is 0. The predicted octanol–water partition coefficient (Wildman–Crippen LogP) is 19.3. The Bertz CT molecular complexity index is 3690. The van der Waals surface area contributed by atoms with Gasteiger partial charge in [0.2, 0.25) is 0 Å². The van der Waals surface area contributed by atoms with Crippen molar-refractivity contribution in [2.75, 3.05) is 0 Å². The minimum atomic E-state index is -1.69. The molecule has 0 atom stereocenters. The summed E-state index contributed by atoms with van der Waals surface area (Å²) in [6.07, 6.45) is 2.81. The zero-order chi connectivity index (χ0) is 65.0. The lowest BCUT2D eigenvalue weighted by molar-refractivity contribution is 0.590. The zero-order valence-electron chi connectivity index (χ0n) is 58.1. The Morgan fingerprint density at radius 3 is 0.545 bits per heavy atom. The molecule has 4 aliphatic rings. The van der Waals surface area contributed by atoms with Crippen molar-refractivity contribution in [3.05, 3.63) is 208 Å². The molecule has 0 aromatic heterocycles. The minimum Gasteiger partial charge on any atom is -0.127 e. The van der Waals surface area contributed by atoms with Crippen LogP contribution < -0.4 is 0 Å². The van der Waals surface area contributed by atoms with E-state index in [4.69, 9.17) is 0 Å². The minimum absolute atomic E-state index is 0.0575. The van der Waals surface area contributed by atoms with Crippen molar-refractivity contribution in [2.24, 2.45) is 0 Å². The first-order valence-corrected chi connectivity index (χ1v) is 45.7. The molecule has 4 heteroatoms. The molecule has 4 aliphatic carbocycles. The van der Waals surface area contributed by atoms with E-state index in [-0.39, 0.29) is 21.7 Å². The van der Waals surface area contributed by atoms with E-state index in [1.54, 1.807) is 0 Å². The van der Waals surface area contributed by atoms with Crippen molar-refractivity contribution in [2.45, 2.75) is 209 Å². The van der Waals surface area contributed by atoms with E-state index < -0.39 is 32.3 Å². The Kier molecular flexibility index (Phi) is 20.4. The van der Waals surface area contributed by atoms with Gasteiger partial charge in [-0.3, -0.25) is 0 Å². The van der Waals surface area contributed by atoms with Crippen molar-refractivity contribution < 1.29 is 0 Å². The van der Waals surface area contributed by atoms with Gasteiger partial charge in [-0.15, -0.1) is 22.2 Å². The maximum absolute atomic E-state index is 3.81. The zero-order valence-corrected chi connectivity index (χ0v) is 62.1. The van der Waals surface area contributed by atoms with Gasteiger partial charge < -0.3 is 0 Å². The second-order valence-corrected chi connectivity index (χ2v) is 51.4. The molecule has 0 saturated carbocycles. The van der Waals surface area contributed by atoms with Gasteiger partial charge in [-0.25, -0.2) is 0 Å². The van der Waals surface area contributed by atoms with Gasteiger partial charge in [0.1, 0.15) is 32.3 Å². The van der Waals surface area contributed by atoms with E-state index in [1.807, 2.05) is 0 Å². The Labute approximate surface area is 539 Å². The Hall–Kier alpha value is -7.33. The molecule has 0 saturated heterocycles. The monoisotopic (exact) mass is 1220 g/mol. The summed E-state index contributed by atoms with van der Waals surface area (Å²) in [6.45, 7) is 54.7. The molecule has 88 heavy (non-hydrogen) atoms. The fraction of sp³-hybridized carbons (Fsp3) is 0.381. The fourth-order valence-electron chi connectivity index (χ4n) is 9.66. The van der Waals surface area contributed by atoms with Crippen LogP contribution in [0.4, 0.5) is 0 Å². The molecule has 0 spiro atoms. The van der Waals surface area contributed by atoms with Crippen molar-refractivity contribution in [3.63, 3.8) is 0 Å². The average molecular weight is 1220 g/mol. The lowest BCUT2D eigenvalue weighted by Crippen LogP contribution is -2.16. The summed E-state index contributed by atoms with van der Waals surface area (Å²) in [4.78, 5) is 0. The van der Waals surface area contributed by atoms with Crippen LogP contribution in [0.25, 0.3) is 0 Å². The van der Waals surface area contributed by atoms with E-state index in [0.29, 0.717) is 25.7 Å². The summed E-state index contributed by atoms with van der Waals surface area (Å²) in [6, 6.07) is 36.1. The molecule has 448 valence electrons. The first-order chi connectivity index (χ1) is 40.6. The van der Waals surface area contributed by atoms with Crippen LogP contribution in [0, 0.1) is 93.2 Å². The first kappa shape index (κ1) is 68.2. The average Bonchev–Trinajstić information content (AvgIpc) is 2.46. The smallest absolute Gasteiger partial charge is 0.127 e. The molecule has 6 aromatic rings. The van der Waals surface area contributed by atoms with Gasteiger partial charge >= 0.3 is 0 Å². The highest BCUT2D eigenvalue weighted by Crippen LogP contribution is 2.31. The standard InChI is InChI=1S/C84H96Si4/c1-81(2,3)77-41-37-61(45-49-85(13,14)15)73(57-77)33-29-69-53-66-27-28-68-56-71(31-35-75-59-79(83(7,8)9)43-39-63(75)47-51-87(19,20)21)67(55-72(68)32-36-76-60-80(84(10,11)12)44-40-64(76)48-52-88(22,23)24)26-25-65(69)54-70(66)30-34-74-58-78(82(4,5)6)42-38-62(74)46-50-86(16,17)18/h37-44,53-60H,25-28H2,1-24H3. The fourth-order valence-corrected chi connectivity index (χ4v) is 11.7. The molecule has 4 bridgehead atoms. The summed E-state index contributed by atoms with van der Waals surface area (Å²) in [7, 11) is -6.75.